The lowest BCUT2D eigenvalue weighted by atomic mass is 9.69. The van der Waals surface area contributed by atoms with Crippen LogP contribution in [0.3, 0.4) is 0 Å². The molecule has 1 saturated carbocycles. The van der Waals surface area contributed by atoms with Gasteiger partial charge in [0.05, 0.1) is 23.0 Å². The molecule has 30 heavy (non-hydrogen) atoms. The zero-order valence-corrected chi connectivity index (χ0v) is 18.8. The van der Waals surface area contributed by atoms with Crippen LogP contribution in [0.2, 0.25) is 10.0 Å². The van der Waals surface area contributed by atoms with Crippen molar-refractivity contribution in [3.8, 4) is 11.1 Å². The summed E-state index contributed by atoms with van der Waals surface area (Å²) in [4.78, 5) is 27.2. The summed E-state index contributed by atoms with van der Waals surface area (Å²) in [6, 6.07) is 11.4. The van der Waals surface area contributed by atoms with Crippen LogP contribution in [0, 0.1) is 11.8 Å². The lowest BCUT2D eigenvalue weighted by Gasteiger charge is -2.28. The third kappa shape index (κ3) is 2.68. The third-order valence-corrected chi connectivity index (χ3v) is 8.04. The summed E-state index contributed by atoms with van der Waals surface area (Å²) in [5, 5.41) is 1.12. The number of ketones is 2. The minimum absolute atomic E-state index is 0.0185. The van der Waals surface area contributed by atoms with E-state index in [0.717, 1.165) is 41.5 Å². The van der Waals surface area contributed by atoms with Crippen LogP contribution in [0.5, 0.6) is 0 Å². The summed E-state index contributed by atoms with van der Waals surface area (Å²) in [6.45, 7) is 6.05. The van der Waals surface area contributed by atoms with Gasteiger partial charge in [-0.25, -0.2) is 0 Å². The second kappa shape index (κ2) is 6.66. The van der Waals surface area contributed by atoms with Gasteiger partial charge in [0.1, 0.15) is 5.92 Å². The molecule has 0 aromatic heterocycles. The van der Waals surface area contributed by atoms with E-state index in [4.69, 9.17) is 27.9 Å². The average molecular weight is 443 g/mol. The summed E-state index contributed by atoms with van der Waals surface area (Å²) in [6.07, 6.45) is 2.41. The molecule has 0 N–H and O–H groups in total. The van der Waals surface area contributed by atoms with Crippen molar-refractivity contribution in [2.75, 3.05) is 0 Å². The van der Waals surface area contributed by atoms with Crippen molar-refractivity contribution in [3.63, 3.8) is 0 Å². The van der Waals surface area contributed by atoms with Gasteiger partial charge in [0.2, 0.25) is 0 Å². The number of Topliss-reactive ketones (excluding diaryl/α,β-unsaturated/α-hetero) is 2. The number of aryl methyl sites for hydroxylation is 1. The van der Waals surface area contributed by atoms with Gasteiger partial charge in [0.25, 0.3) is 0 Å². The maximum atomic E-state index is 13.6. The van der Waals surface area contributed by atoms with Crippen molar-refractivity contribution in [1.29, 1.82) is 0 Å². The maximum absolute atomic E-state index is 13.6. The lowest BCUT2D eigenvalue weighted by molar-refractivity contribution is -0.132. The fraction of sp³-hybridized carbons (Fsp3) is 0.440. The van der Waals surface area contributed by atoms with Crippen LogP contribution < -0.4 is 0 Å². The molecular formula is C25H24Cl2O3. The SMILES string of the molecule is CCc1ccc(-c2ccc(Cl)cc2Cl)cc1C1C(=O)[C@@H]2[C@H](C1=O)[C@@]1(C)CC[C@]2(C)O1. The van der Waals surface area contributed by atoms with Crippen LogP contribution in [-0.4, -0.2) is 22.8 Å². The molecule has 3 fully saturated rings. The highest BCUT2D eigenvalue weighted by Gasteiger charge is 2.72. The minimum atomic E-state index is -0.721. The highest BCUT2D eigenvalue weighted by Crippen LogP contribution is 2.62. The Labute approximate surface area is 186 Å². The first-order chi connectivity index (χ1) is 14.2. The van der Waals surface area contributed by atoms with E-state index < -0.39 is 17.1 Å². The van der Waals surface area contributed by atoms with Crippen molar-refractivity contribution in [2.45, 2.75) is 57.2 Å². The third-order valence-electron chi connectivity index (χ3n) is 7.50. The highest BCUT2D eigenvalue weighted by atomic mass is 35.5. The molecule has 156 valence electrons. The second-order valence-corrected chi connectivity index (χ2v) is 10.2. The van der Waals surface area contributed by atoms with Gasteiger partial charge in [-0.05, 0) is 68.0 Å². The van der Waals surface area contributed by atoms with Crippen LogP contribution >= 0.6 is 23.2 Å². The molecule has 2 aromatic rings. The smallest absolute Gasteiger partial charge is 0.154 e. The molecule has 2 heterocycles. The Morgan fingerprint density at radius 1 is 0.967 bits per heavy atom. The van der Waals surface area contributed by atoms with E-state index >= 15 is 0 Å². The minimum Gasteiger partial charge on any atom is -0.368 e. The largest absolute Gasteiger partial charge is 0.368 e. The predicted octanol–water partition coefficient (Wildman–Crippen LogP) is 6.03. The molecule has 5 heteroatoms. The number of carbonyl (C=O) groups excluding carboxylic acids is 2. The molecule has 2 aromatic carbocycles. The zero-order valence-electron chi connectivity index (χ0n) is 17.3. The number of halogens is 2. The second-order valence-electron chi connectivity index (χ2n) is 9.31. The molecule has 2 saturated heterocycles. The Bertz CT molecular complexity index is 1060. The van der Waals surface area contributed by atoms with Gasteiger partial charge in [0, 0.05) is 15.6 Å². The molecule has 5 rings (SSSR count). The molecule has 0 spiro atoms. The van der Waals surface area contributed by atoms with Gasteiger partial charge >= 0.3 is 0 Å². The molecule has 1 unspecified atom stereocenters. The van der Waals surface area contributed by atoms with Crippen molar-refractivity contribution in [3.05, 3.63) is 57.6 Å². The number of rotatable bonds is 3. The zero-order chi connectivity index (χ0) is 21.4. The fourth-order valence-electron chi connectivity index (χ4n) is 6.09. The molecule has 0 radical (unpaired) electrons. The molecule has 1 aliphatic carbocycles. The summed E-state index contributed by atoms with van der Waals surface area (Å²) < 4.78 is 6.24. The first-order valence-corrected chi connectivity index (χ1v) is 11.3. The van der Waals surface area contributed by atoms with E-state index in [-0.39, 0.29) is 23.4 Å². The average Bonchev–Trinajstić information content (AvgIpc) is 3.25. The van der Waals surface area contributed by atoms with Crippen LogP contribution in [-0.2, 0) is 20.7 Å². The number of hydrogen-bond donors (Lipinski definition) is 0. The van der Waals surface area contributed by atoms with E-state index in [1.807, 2.05) is 45.0 Å². The molecule has 3 aliphatic rings. The number of hydrogen-bond acceptors (Lipinski definition) is 3. The van der Waals surface area contributed by atoms with E-state index in [2.05, 4.69) is 0 Å². The van der Waals surface area contributed by atoms with Gasteiger partial charge in [-0.3, -0.25) is 9.59 Å². The highest BCUT2D eigenvalue weighted by molar-refractivity contribution is 6.36. The molecule has 2 bridgehead atoms. The molecule has 5 atom stereocenters. The Morgan fingerprint density at radius 2 is 1.60 bits per heavy atom. The van der Waals surface area contributed by atoms with Gasteiger partial charge in [-0.15, -0.1) is 0 Å². The molecule has 2 aliphatic heterocycles. The summed E-state index contributed by atoms with van der Waals surface area (Å²) in [5.74, 6) is -1.38. The Balaban J connectivity index is 1.62. The molecule has 3 nitrogen and oxygen atoms in total. The lowest BCUT2D eigenvalue weighted by Crippen LogP contribution is -2.40. The Kier molecular flexibility index (Phi) is 4.49. The van der Waals surface area contributed by atoms with Crippen molar-refractivity contribution >= 4 is 34.8 Å². The van der Waals surface area contributed by atoms with Gasteiger partial charge in [-0.1, -0.05) is 48.3 Å². The number of carbonyl (C=O) groups is 2. The normalized spacial score (nSPS) is 34.6. The summed E-state index contributed by atoms with van der Waals surface area (Å²) in [7, 11) is 0. The van der Waals surface area contributed by atoms with Gasteiger partial charge in [-0.2, -0.15) is 0 Å². The van der Waals surface area contributed by atoms with E-state index in [1.165, 1.54) is 0 Å². The van der Waals surface area contributed by atoms with E-state index in [0.29, 0.717) is 10.0 Å². The van der Waals surface area contributed by atoms with Crippen LogP contribution in [0.25, 0.3) is 11.1 Å². The molecular weight excluding hydrogens is 419 g/mol. The standard InChI is InChI=1S/C25H24Cl2O3/c1-4-13-5-6-14(16-8-7-15(26)12-18(16)27)11-17(13)19-22(28)20-21(23(19)29)25(3)10-9-24(20,2)30-25/h5-8,11-12,19-21H,4,9-10H2,1-3H3/t19?,20-,21+,24-,25+. The van der Waals surface area contributed by atoms with Gasteiger partial charge < -0.3 is 4.74 Å². The first-order valence-electron chi connectivity index (χ1n) is 10.5. The number of ether oxygens (including phenoxy) is 1. The van der Waals surface area contributed by atoms with Crippen LogP contribution in [0.15, 0.2) is 36.4 Å². The van der Waals surface area contributed by atoms with Crippen LogP contribution in [0.1, 0.15) is 50.7 Å². The van der Waals surface area contributed by atoms with Crippen molar-refractivity contribution < 1.29 is 14.3 Å². The number of fused-ring (bicyclic) bond motifs is 5. The Hall–Kier alpha value is -1.68. The quantitative estimate of drug-likeness (QED) is 0.544. The van der Waals surface area contributed by atoms with E-state index in [9.17, 15) is 9.59 Å². The van der Waals surface area contributed by atoms with E-state index in [1.54, 1.807) is 12.1 Å². The molecule has 0 amide bonds. The van der Waals surface area contributed by atoms with Crippen LogP contribution in [0.4, 0.5) is 0 Å². The predicted molar refractivity (Wildman–Crippen MR) is 118 cm³/mol. The monoisotopic (exact) mass is 442 g/mol. The number of benzene rings is 2. The summed E-state index contributed by atoms with van der Waals surface area (Å²) in [5.41, 5.74) is 2.52. The Morgan fingerprint density at radius 3 is 2.17 bits per heavy atom. The van der Waals surface area contributed by atoms with Gasteiger partial charge in [0.15, 0.2) is 11.6 Å². The maximum Gasteiger partial charge on any atom is 0.154 e. The van der Waals surface area contributed by atoms with Crippen molar-refractivity contribution in [2.24, 2.45) is 11.8 Å². The topological polar surface area (TPSA) is 43.4 Å². The fourth-order valence-corrected chi connectivity index (χ4v) is 6.60. The van der Waals surface area contributed by atoms with Crippen molar-refractivity contribution in [1.82, 2.24) is 0 Å². The summed E-state index contributed by atoms with van der Waals surface area (Å²) >= 11 is 12.5. The first kappa shape index (κ1) is 20.2.